The van der Waals surface area contributed by atoms with Crippen molar-refractivity contribution in [3.05, 3.63) is 53.9 Å². The molecular weight excluding hydrogens is 372 g/mol. The van der Waals surface area contributed by atoms with Gasteiger partial charge in [0.15, 0.2) is 13.2 Å². The summed E-state index contributed by atoms with van der Waals surface area (Å²) >= 11 is 0. The van der Waals surface area contributed by atoms with E-state index in [9.17, 15) is 14.4 Å². The SMILES string of the molecule is C[C@@H]1CCC[C@@H](C)N1C(=O)COc1ccc(C(=O)OCC(=O)c2ccc[nH]2)cc1. The van der Waals surface area contributed by atoms with Gasteiger partial charge in [0.1, 0.15) is 5.75 Å². The second-order valence-electron chi connectivity index (χ2n) is 7.33. The molecule has 0 spiro atoms. The van der Waals surface area contributed by atoms with Gasteiger partial charge in [-0.3, -0.25) is 9.59 Å². The average molecular weight is 398 g/mol. The Morgan fingerprint density at radius 2 is 1.72 bits per heavy atom. The first-order valence-electron chi connectivity index (χ1n) is 9.83. The van der Waals surface area contributed by atoms with Crippen molar-refractivity contribution in [2.24, 2.45) is 0 Å². The lowest BCUT2D eigenvalue weighted by atomic mass is 9.97. The van der Waals surface area contributed by atoms with E-state index in [1.807, 2.05) is 4.90 Å². The predicted molar refractivity (Wildman–Crippen MR) is 107 cm³/mol. The van der Waals surface area contributed by atoms with Crippen molar-refractivity contribution in [3.63, 3.8) is 0 Å². The molecule has 1 amide bonds. The number of aromatic amines is 1. The molecule has 154 valence electrons. The summed E-state index contributed by atoms with van der Waals surface area (Å²) in [5.41, 5.74) is 0.699. The molecule has 2 aromatic rings. The number of benzene rings is 1. The van der Waals surface area contributed by atoms with E-state index in [4.69, 9.17) is 9.47 Å². The van der Waals surface area contributed by atoms with E-state index in [-0.39, 0.29) is 37.0 Å². The fourth-order valence-corrected chi connectivity index (χ4v) is 3.62. The number of esters is 1. The van der Waals surface area contributed by atoms with E-state index in [1.54, 1.807) is 42.6 Å². The standard InChI is InChI=1S/C22H26N2O5/c1-15-5-3-6-16(2)24(15)21(26)14-28-18-10-8-17(9-11-18)22(27)29-13-20(25)19-7-4-12-23-19/h4,7-12,15-16,23H,3,5-6,13-14H2,1-2H3/t15-,16-/m1/s1. The van der Waals surface area contributed by atoms with Crippen LogP contribution in [0.4, 0.5) is 0 Å². The molecule has 7 heteroatoms. The Bertz CT molecular complexity index is 835. The first kappa shape index (κ1) is 20.6. The molecule has 2 atom stereocenters. The summed E-state index contributed by atoms with van der Waals surface area (Å²) in [6.07, 6.45) is 4.80. The second kappa shape index (κ2) is 9.41. The van der Waals surface area contributed by atoms with Gasteiger partial charge in [-0.1, -0.05) is 0 Å². The van der Waals surface area contributed by atoms with E-state index in [1.165, 1.54) is 0 Å². The third-order valence-electron chi connectivity index (χ3n) is 5.17. The maximum absolute atomic E-state index is 12.5. The Hall–Kier alpha value is -3.09. The van der Waals surface area contributed by atoms with Crippen LogP contribution in [0.3, 0.4) is 0 Å². The highest BCUT2D eigenvalue weighted by molar-refractivity contribution is 5.98. The lowest BCUT2D eigenvalue weighted by Gasteiger charge is -2.38. The van der Waals surface area contributed by atoms with Gasteiger partial charge in [0.2, 0.25) is 5.78 Å². The first-order valence-corrected chi connectivity index (χ1v) is 9.83. The van der Waals surface area contributed by atoms with Crippen LogP contribution in [0.25, 0.3) is 0 Å². The van der Waals surface area contributed by atoms with E-state index >= 15 is 0 Å². The molecule has 0 aliphatic carbocycles. The minimum atomic E-state index is -0.594. The van der Waals surface area contributed by atoms with E-state index < -0.39 is 5.97 Å². The molecule has 0 unspecified atom stereocenters. The number of nitrogens with zero attached hydrogens (tertiary/aromatic N) is 1. The number of aromatic nitrogens is 1. The fourth-order valence-electron chi connectivity index (χ4n) is 3.62. The Morgan fingerprint density at radius 1 is 1.03 bits per heavy atom. The van der Waals surface area contributed by atoms with Gasteiger partial charge in [0, 0.05) is 18.3 Å². The van der Waals surface area contributed by atoms with Gasteiger partial charge < -0.3 is 19.4 Å². The Labute approximate surface area is 170 Å². The maximum Gasteiger partial charge on any atom is 0.338 e. The normalized spacial score (nSPS) is 18.9. The van der Waals surface area contributed by atoms with Crippen molar-refractivity contribution < 1.29 is 23.9 Å². The van der Waals surface area contributed by atoms with E-state index in [2.05, 4.69) is 18.8 Å². The maximum atomic E-state index is 12.5. The lowest BCUT2D eigenvalue weighted by Crippen LogP contribution is -2.49. The van der Waals surface area contributed by atoms with E-state index in [0.717, 1.165) is 19.3 Å². The van der Waals surface area contributed by atoms with Gasteiger partial charge in [-0.2, -0.15) is 0 Å². The number of hydrogen-bond acceptors (Lipinski definition) is 5. The highest BCUT2D eigenvalue weighted by Crippen LogP contribution is 2.23. The van der Waals surface area contributed by atoms with Gasteiger partial charge in [0.05, 0.1) is 11.3 Å². The van der Waals surface area contributed by atoms with Crippen LogP contribution in [-0.2, 0) is 9.53 Å². The number of Topliss-reactive ketones (excluding diaryl/α,β-unsaturated/α-hetero) is 1. The minimum Gasteiger partial charge on any atom is -0.484 e. The molecule has 1 aromatic carbocycles. The molecule has 29 heavy (non-hydrogen) atoms. The summed E-state index contributed by atoms with van der Waals surface area (Å²) in [4.78, 5) is 41.1. The van der Waals surface area contributed by atoms with Gasteiger partial charge in [0.25, 0.3) is 5.91 Å². The first-order chi connectivity index (χ1) is 14.0. The number of rotatable bonds is 7. The Morgan fingerprint density at radius 3 is 2.34 bits per heavy atom. The van der Waals surface area contributed by atoms with Gasteiger partial charge >= 0.3 is 5.97 Å². The molecule has 3 rings (SSSR count). The topological polar surface area (TPSA) is 88.7 Å². The number of H-pyrrole nitrogens is 1. The number of carbonyl (C=O) groups excluding carboxylic acids is 3. The molecule has 0 radical (unpaired) electrons. The van der Waals surface area contributed by atoms with Crippen molar-refractivity contribution in [2.45, 2.75) is 45.2 Å². The molecule has 7 nitrogen and oxygen atoms in total. The van der Waals surface area contributed by atoms with Crippen LogP contribution < -0.4 is 4.74 Å². The predicted octanol–water partition coefficient (Wildman–Crippen LogP) is 3.22. The molecule has 1 N–H and O–H groups in total. The van der Waals surface area contributed by atoms with Gasteiger partial charge in [-0.05, 0) is 69.5 Å². The largest absolute Gasteiger partial charge is 0.484 e. The van der Waals surface area contributed by atoms with Crippen LogP contribution in [0.5, 0.6) is 5.75 Å². The van der Waals surface area contributed by atoms with Crippen molar-refractivity contribution in [1.29, 1.82) is 0 Å². The summed E-state index contributed by atoms with van der Waals surface area (Å²) in [7, 11) is 0. The van der Waals surface area contributed by atoms with Crippen LogP contribution in [0.2, 0.25) is 0 Å². The van der Waals surface area contributed by atoms with Gasteiger partial charge in [-0.15, -0.1) is 0 Å². The van der Waals surface area contributed by atoms with Crippen molar-refractivity contribution in [3.8, 4) is 5.75 Å². The zero-order valence-electron chi connectivity index (χ0n) is 16.7. The van der Waals surface area contributed by atoms with Crippen LogP contribution in [-0.4, -0.2) is 52.8 Å². The Kier molecular flexibility index (Phi) is 6.69. The number of ether oxygens (including phenoxy) is 2. The third kappa shape index (κ3) is 5.25. The Balaban J connectivity index is 1.48. The molecule has 1 aliphatic rings. The van der Waals surface area contributed by atoms with Crippen LogP contribution in [0, 0.1) is 0 Å². The number of amides is 1. The second-order valence-corrected chi connectivity index (χ2v) is 7.33. The molecule has 0 bridgehead atoms. The molecule has 1 aromatic heterocycles. The third-order valence-corrected chi connectivity index (χ3v) is 5.17. The smallest absolute Gasteiger partial charge is 0.338 e. The summed E-state index contributed by atoms with van der Waals surface area (Å²) in [5, 5.41) is 0. The highest BCUT2D eigenvalue weighted by Gasteiger charge is 2.29. The van der Waals surface area contributed by atoms with Crippen LogP contribution in [0.15, 0.2) is 42.6 Å². The quantitative estimate of drug-likeness (QED) is 0.571. The van der Waals surface area contributed by atoms with Gasteiger partial charge in [-0.25, -0.2) is 4.79 Å². The molecule has 1 saturated heterocycles. The number of ketones is 1. The van der Waals surface area contributed by atoms with E-state index in [0.29, 0.717) is 17.0 Å². The zero-order chi connectivity index (χ0) is 20.8. The van der Waals surface area contributed by atoms with Crippen LogP contribution in [0.1, 0.15) is 54.0 Å². The number of likely N-dealkylation sites (tertiary alicyclic amines) is 1. The number of hydrogen-bond donors (Lipinski definition) is 1. The number of piperidine rings is 1. The molecule has 1 fully saturated rings. The number of nitrogens with one attached hydrogen (secondary N) is 1. The lowest BCUT2D eigenvalue weighted by molar-refractivity contribution is -0.139. The summed E-state index contributed by atoms with van der Waals surface area (Å²) in [6.45, 7) is 3.75. The summed E-state index contributed by atoms with van der Waals surface area (Å²) in [6, 6.07) is 10.1. The molecule has 1 aliphatic heterocycles. The molecule has 2 heterocycles. The molecular formula is C22H26N2O5. The fraction of sp³-hybridized carbons (Fsp3) is 0.409. The van der Waals surface area contributed by atoms with Crippen molar-refractivity contribution >= 4 is 17.7 Å². The summed E-state index contributed by atoms with van der Waals surface area (Å²) < 4.78 is 10.6. The van der Waals surface area contributed by atoms with Crippen molar-refractivity contribution in [2.75, 3.05) is 13.2 Å². The minimum absolute atomic E-state index is 0.0315. The molecule has 0 saturated carbocycles. The van der Waals surface area contributed by atoms with Crippen molar-refractivity contribution in [1.82, 2.24) is 9.88 Å². The van der Waals surface area contributed by atoms with Crippen LogP contribution >= 0.6 is 0 Å². The zero-order valence-corrected chi connectivity index (χ0v) is 16.7. The number of carbonyl (C=O) groups is 3. The average Bonchev–Trinajstić information content (AvgIpc) is 3.25. The highest BCUT2D eigenvalue weighted by atomic mass is 16.5. The monoisotopic (exact) mass is 398 g/mol. The summed E-state index contributed by atoms with van der Waals surface area (Å²) in [5.74, 6) is -0.433.